The van der Waals surface area contributed by atoms with Crippen molar-refractivity contribution < 1.29 is 4.74 Å². The molecule has 0 bridgehead atoms. The summed E-state index contributed by atoms with van der Waals surface area (Å²) < 4.78 is 5.70. The molecule has 2 aromatic rings. The molecule has 2 aromatic carbocycles. The second-order valence-electron chi connectivity index (χ2n) is 4.83. The van der Waals surface area contributed by atoms with E-state index in [-0.39, 0.29) is 0 Å². The molecule has 2 rings (SSSR count). The molecule has 3 heteroatoms. The molecule has 1 N–H and O–H groups in total. The number of nitrogens with one attached hydrogen (secondary N) is 1. The summed E-state index contributed by atoms with van der Waals surface area (Å²) in [5.74, 6) is 1.90. The fourth-order valence-corrected chi connectivity index (χ4v) is 2.80. The average molecular weight is 301 g/mol. The van der Waals surface area contributed by atoms with E-state index in [1.54, 1.807) is 0 Å². The molecule has 0 saturated carbocycles. The Hall–Kier alpha value is -1.45. The van der Waals surface area contributed by atoms with Crippen LogP contribution in [-0.2, 0) is 6.54 Å². The highest BCUT2D eigenvalue weighted by molar-refractivity contribution is 7.99. The Morgan fingerprint density at radius 2 is 1.90 bits per heavy atom. The number of thioether (sulfide) groups is 1. The molecule has 0 aromatic heterocycles. The van der Waals surface area contributed by atoms with Crippen molar-refractivity contribution in [2.45, 2.75) is 24.8 Å². The summed E-state index contributed by atoms with van der Waals surface area (Å²) in [7, 11) is 0. The SMILES string of the molecule is CCCNCc1cccc(SCCOc2ccccc2)c1. The van der Waals surface area contributed by atoms with Gasteiger partial charge in [0.2, 0.25) is 0 Å². The number of hydrogen-bond acceptors (Lipinski definition) is 3. The number of benzene rings is 2. The van der Waals surface area contributed by atoms with Crippen LogP contribution in [-0.4, -0.2) is 18.9 Å². The quantitative estimate of drug-likeness (QED) is 0.549. The van der Waals surface area contributed by atoms with Gasteiger partial charge in [0, 0.05) is 17.2 Å². The first-order chi connectivity index (χ1) is 10.4. The maximum Gasteiger partial charge on any atom is 0.119 e. The van der Waals surface area contributed by atoms with Crippen LogP contribution in [0.5, 0.6) is 5.75 Å². The van der Waals surface area contributed by atoms with Crippen LogP contribution < -0.4 is 10.1 Å². The summed E-state index contributed by atoms with van der Waals surface area (Å²) in [5, 5.41) is 3.43. The molecule has 0 amide bonds. The number of rotatable bonds is 9. The minimum absolute atomic E-state index is 0.729. The van der Waals surface area contributed by atoms with Crippen LogP contribution in [0.3, 0.4) is 0 Å². The Bertz CT molecular complexity index is 516. The minimum atomic E-state index is 0.729. The van der Waals surface area contributed by atoms with Gasteiger partial charge in [-0.25, -0.2) is 0 Å². The predicted molar refractivity (Wildman–Crippen MR) is 91.1 cm³/mol. The molecule has 0 aliphatic rings. The Morgan fingerprint density at radius 1 is 1.05 bits per heavy atom. The van der Waals surface area contributed by atoms with E-state index in [0.29, 0.717) is 0 Å². The molecule has 0 aliphatic heterocycles. The molecular formula is C18H23NOS. The molecule has 112 valence electrons. The third-order valence-corrected chi connectivity index (χ3v) is 3.98. The van der Waals surface area contributed by atoms with Gasteiger partial charge in [-0.05, 0) is 42.8 Å². The van der Waals surface area contributed by atoms with E-state index in [4.69, 9.17) is 4.74 Å². The molecule has 0 unspecified atom stereocenters. The summed E-state index contributed by atoms with van der Waals surface area (Å²) >= 11 is 1.84. The topological polar surface area (TPSA) is 21.3 Å². The molecule has 2 nitrogen and oxygen atoms in total. The number of hydrogen-bond donors (Lipinski definition) is 1. The maximum absolute atomic E-state index is 5.70. The molecule has 0 atom stereocenters. The summed E-state index contributed by atoms with van der Waals surface area (Å²) in [4.78, 5) is 1.31. The van der Waals surface area contributed by atoms with Crippen LogP contribution in [0.25, 0.3) is 0 Å². The van der Waals surface area contributed by atoms with E-state index in [9.17, 15) is 0 Å². The molecule has 21 heavy (non-hydrogen) atoms. The lowest BCUT2D eigenvalue weighted by Gasteiger charge is -2.07. The Morgan fingerprint density at radius 3 is 2.71 bits per heavy atom. The van der Waals surface area contributed by atoms with Crippen molar-refractivity contribution in [3.8, 4) is 5.75 Å². The number of para-hydroxylation sites is 1. The highest BCUT2D eigenvalue weighted by atomic mass is 32.2. The van der Waals surface area contributed by atoms with E-state index in [1.807, 2.05) is 42.1 Å². The van der Waals surface area contributed by atoms with E-state index in [2.05, 4.69) is 36.5 Å². The predicted octanol–water partition coefficient (Wildman–Crippen LogP) is 4.36. The van der Waals surface area contributed by atoms with E-state index < -0.39 is 0 Å². The third-order valence-electron chi connectivity index (χ3n) is 3.02. The average Bonchev–Trinajstić information content (AvgIpc) is 2.53. The highest BCUT2D eigenvalue weighted by Gasteiger charge is 1.98. The summed E-state index contributed by atoms with van der Waals surface area (Å²) in [6, 6.07) is 18.7. The fraction of sp³-hybridized carbons (Fsp3) is 0.333. The van der Waals surface area contributed by atoms with Crippen molar-refractivity contribution in [1.29, 1.82) is 0 Å². The fourth-order valence-electron chi connectivity index (χ4n) is 1.99. The van der Waals surface area contributed by atoms with Gasteiger partial charge in [-0.3, -0.25) is 0 Å². The summed E-state index contributed by atoms with van der Waals surface area (Å²) in [5.41, 5.74) is 1.34. The van der Waals surface area contributed by atoms with Gasteiger partial charge in [-0.15, -0.1) is 11.8 Å². The van der Waals surface area contributed by atoms with Gasteiger partial charge in [-0.1, -0.05) is 37.3 Å². The van der Waals surface area contributed by atoms with Gasteiger partial charge in [0.05, 0.1) is 6.61 Å². The van der Waals surface area contributed by atoms with E-state index >= 15 is 0 Å². The van der Waals surface area contributed by atoms with Gasteiger partial charge in [0.15, 0.2) is 0 Å². The molecule has 0 heterocycles. The lowest BCUT2D eigenvalue weighted by atomic mass is 10.2. The molecule has 0 radical (unpaired) electrons. The van der Waals surface area contributed by atoms with Gasteiger partial charge in [-0.2, -0.15) is 0 Å². The van der Waals surface area contributed by atoms with E-state index in [0.717, 1.165) is 31.2 Å². The normalized spacial score (nSPS) is 10.5. The molecule has 0 fully saturated rings. The molecule has 0 aliphatic carbocycles. The monoisotopic (exact) mass is 301 g/mol. The first kappa shape index (κ1) is 15.9. The lowest BCUT2D eigenvalue weighted by molar-refractivity contribution is 0.344. The van der Waals surface area contributed by atoms with Crippen molar-refractivity contribution in [2.75, 3.05) is 18.9 Å². The van der Waals surface area contributed by atoms with Crippen molar-refractivity contribution in [1.82, 2.24) is 5.32 Å². The van der Waals surface area contributed by atoms with Gasteiger partial charge in [0.1, 0.15) is 5.75 Å². The van der Waals surface area contributed by atoms with Crippen LogP contribution in [0.2, 0.25) is 0 Å². The van der Waals surface area contributed by atoms with Crippen molar-refractivity contribution in [3.63, 3.8) is 0 Å². The zero-order valence-electron chi connectivity index (χ0n) is 12.5. The minimum Gasteiger partial charge on any atom is -0.493 e. The van der Waals surface area contributed by atoms with Crippen LogP contribution >= 0.6 is 11.8 Å². The van der Waals surface area contributed by atoms with Crippen LogP contribution in [0.4, 0.5) is 0 Å². The van der Waals surface area contributed by atoms with Gasteiger partial charge >= 0.3 is 0 Å². The smallest absolute Gasteiger partial charge is 0.119 e. The Labute approximate surface area is 131 Å². The van der Waals surface area contributed by atoms with Gasteiger partial charge in [0.25, 0.3) is 0 Å². The van der Waals surface area contributed by atoms with Crippen molar-refractivity contribution in [2.24, 2.45) is 0 Å². The van der Waals surface area contributed by atoms with Crippen LogP contribution in [0.1, 0.15) is 18.9 Å². The highest BCUT2D eigenvalue weighted by Crippen LogP contribution is 2.19. The first-order valence-corrected chi connectivity index (χ1v) is 8.47. The third kappa shape index (κ3) is 6.23. The van der Waals surface area contributed by atoms with Crippen LogP contribution in [0.15, 0.2) is 59.5 Å². The van der Waals surface area contributed by atoms with Crippen molar-refractivity contribution in [3.05, 3.63) is 60.2 Å². The first-order valence-electron chi connectivity index (χ1n) is 7.49. The zero-order chi connectivity index (χ0) is 14.8. The Kier molecular flexibility index (Phi) is 7.19. The second kappa shape index (κ2) is 9.48. The molecule has 0 spiro atoms. The molecule has 0 saturated heterocycles. The van der Waals surface area contributed by atoms with Gasteiger partial charge < -0.3 is 10.1 Å². The largest absolute Gasteiger partial charge is 0.493 e. The zero-order valence-corrected chi connectivity index (χ0v) is 13.4. The number of ether oxygens (including phenoxy) is 1. The summed E-state index contributed by atoms with van der Waals surface area (Å²) in [6.45, 7) is 4.93. The lowest BCUT2D eigenvalue weighted by Crippen LogP contribution is -2.13. The molecular weight excluding hydrogens is 278 g/mol. The standard InChI is InChI=1S/C18H23NOS/c1-2-11-19-15-16-7-6-10-18(14-16)21-13-12-20-17-8-4-3-5-9-17/h3-10,14,19H,2,11-13,15H2,1H3. The van der Waals surface area contributed by atoms with Crippen molar-refractivity contribution >= 4 is 11.8 Å². The second-order valence-corrected chi connectivity index (χ2v) is 6.00. The maximum atomic E-state index is 5.70. The van der Waals surface area contributed by atoms with E-state index in [1.165, 1.54) is 16.9 Å². The Balaban J connectivity index is 1.71. The van der Waals surface area contributed by atoms with Crippen LogP contribution in [0, 0.1) is 0 Å². The summed E-state index contributed by atoms with van der Waals surface area (Å²) in [6.07, 6.45) is 1.17.